The third-order valence-corrected chi connectivity index (χ3v) is 2.24. The fourth-order valence-corrected chi connectivity index (χ4v) is 1.46. The van der Waals surface area contributed by atoms with Gasteiger partial charge in [-0.3, -0.25) is 0 Å². The van der Waals surface area contributed by atoms with Crippen molar-refractivity contribution in [1.29, 1.82) is 0 Å². The van der Waals surface area contributed by atoms with Gasteiger partial charge in [0.25, 0.3) is 0 Å². The van der Waals surface area contributed by atoms with Gasteiger partial charge in [0.2, 0.25) is 5.96 Å². The lowest BCUT2D eigenvalue weighted by molar-refractivity contribution is -0.816. The van der Waals surface area contributed by atoms with Crippen LogP contribution in [0.4, 0.5) is 11.4 Å². The molecule has 4 N–H and O–H groups in total. The van der Waals surface area contributed by atoms with Crippen LogP contribution < -0.4 is 15.9 Å². The largest absolute Gasteiger partial charge is 0.603 e. The standard InChI is InChI=1S/C10H14N4O2/c15-7-3-6-11-10-12-8-4-1-2-5-9(8)14(16)13-10/h1-2,4-5,14-15H,3,6-7H2,(H2,11,12,13). The van der Waals surface area contributed by atoms with Crippen LogP contribution in [-0.4, -0.2) is 24.2 Å². The number of guanidine groups is 1. The summed E-state index contributed by atoms with van der Waals surface area (Å²) in [5, 5.41) is 23.1. The summed E-state index contributed by atoms with van der Waals surface area (Å²) in [6.07, 6.45) is 0.586. The molecule has 16 heavy (non-hydrogen) atoms. The van der Waals surface area contributed by atoms with Crippen molar-refractivity contribution in [3.63, 3.8) is 0 Å². The molecular formula is C10H14N4O2. The van der Waals surface area contributed by atoms with Crippen LogP contribution in [0.2, 0.25) is 0 Å². The first-order valence-electron chi connectivity index (χ1n) is 5.14. The minimum atomic E-state index is -0.155. The van der Waals surface area contributed by atoms with Gasteiger partial charge in [-0.05, 0) is 12.5 Å². The molecule has 6 heteroatoms. The molecule has 6 nitrogen and oxygen atoms in total. The fourth-order valence-electron chi connectivity index (χ4n) is 1.46. The summed E-state index contributed by atoms with van der Waals surface area (Å²) in [5.41, 5.74) is 4.02. The zero-order chi connectivity index (χ0) is 11.4. The number of rotatable bonds is 3. The SMILES string of the molecule is [O-][NH+]1NC(=NCCCO)Nc2ccccc21. The predicted octanol–water partition coefficient (Wildman–Crippen LogP) is -0.631. The molecule has 86 valence electrons. The molecule has 2 rings (SSSR count). The summed E-state index contributed by atoms with van der Waals surface area (Å²) in [6.45, 7) is 0.586. The van der Waals surface area contributed by atoms with Crippen molar-refractivity contribution in [3.05, 3.63) is 29.5 Å². The highest BCUT2D eigenvalue weighted by molar-refractivity contribution is 5.96. The van der Waals surface area contributed by atoms with Crippen LogP contribution in [0.15, 0.2) is 29.3 Å². The molecule has 0 saturated heterocycles. The lowest BCUT2D eigenvalue weighted by Crippen LogP contribution is -3.11. The second kappa shape index (κ2) is 4.93. The van der Waals surface area contributed by atoms with Gasteiger partial charge >= 0.3 is 0 Å². The van der Waals surface area contributed by atoms with Crippen molar-refractivity contribution in [2.45, 2.75) is 6.42 Å². The van der Waals surface area contributed by atoms with Crippen molar-refractivity contribution >= 4 is 17.3 Å². The van der Waals surface area contributed by atoms with Gasteiger partial charge < -0.3 is 15.6 Å². The van der Waals surface area contributed by atoms with Crippen LogP contribution in [0.25, 0.3) is 0 Å². The molecule has 1 unspecified atom stereocenters. The predicted molar refractivity (Wildman–Crippen MR) is 61.2 cm³/mol. The molecular weight excluding hydrogens is 208 g/mol. The number of nitrogens with zero attached hydrogens (tertiary/aromatic N) is 1. The number of aliphatic hydroxyl groups is 1. The van der Waals surface area contributed by atoms with E-state index in [9.17, 15) is 5.21 Å². The first-order valence-corrected chi connectivity index (χ1v) is 5.14. The van der Waals surface area contributed by atoms with E-state index in [4.69, 9.17) is 5.11 Å². The van der Waals surface area contributed by atoms with E-state index < -0.39 is 0 Å². The first kappa shape index (κ1) is 10.9. The molecule has 1 heterocycles. The highest BCUT2D eigenvalue weighted by atomic mass is 16.5. The monoisotopic (exact) mass is 222 g/mol. The third kappa shape index (κ3) is 2.30. The Kier molecular flexibility index (Phi) is 3.35. The highest BCUT2D eigenvalue weighted by Gasteiger charge is 2.18. The van der Waals surface area contributed by atoms with Gasteiger partial charge in [0.1, 0.15) is 5.69 Å². The van der Waals surface area contributed by atoms with Crippen LogP contribution in [0.1, 0.15) is 6.42 Å². The van der Waals surface area contributed by atoms with Crippen molar-refractivity contribution in [1.82, 2.24) is 5.43 Å². The smallest absolute Gasteiger partial charge is 0.243 e. The zero-order valence-corrected chi connectivity index (χ0v) is 8.73. The van der Waals surface area contributed by atoms with Crippen LogP contribution >= 0.6 is 0 Å². The lowest BCUT2D eigenvalue weighted by Gasteiger charge is -2.30. The van der Waals surface area contributed by atoms with E-state index in [1.54, 1.807) is 6.07 Å². The molecule has 1 aromatic carbocycles. The van der Waals surface area contributed by atoms with Gasteiger partial charge in [-0.15, -0.1) is 0 Å². The normalized spacial score (nSPS) is 21.1. The number of fused-ring (bicyclic) bond motifs is 1. The average molecular weight is 222 g/mol. The van der Waals surface area contributed by atoms with Crippen LogP contribution in [0.5, 0.6) is 0 Å². The van der Waals surface area contributed by atoms with Gasteiger partial charge in [-0.2, -0.15) is 5.43 Å². The van der Waals surface area contributed by atoms with Gasteiger partial charge in [0.05, 0.1) is 0 Å². The van der Waals surface area contributed by atoms with Crippen molar-refractivity contribution in [2.24, 2.45) is 4.99 Å². The second-order valence-electron chi connectivity index (χ2n) is 3.43. The Bertz CT molecular complexity index is 394. The lowest BCUT2D eigenvalue weighted by atomic mass is 10.2. The van der Waals surface area contributed by atoms with Gasteiger partial charge in [-0.1, -0.05) is 12.1 Å². The molecule has 1 atom stereocenters. The molecule has 1 aliphatic rings. The van der Waals surface area contributed by atoms with Gasteiger partial charge in [-0.25, -0.2) is 10.2 Å². The molecule has 0 bridgehead atoms. The van der Waals surface area contributed by atoms with E-state index in [1.165, 1.54) is 0 Å². The number of aliphatic hydroxyl groups excluding tert-OH is 1. The molecule has 1 aliphatic heterocycles. The Morgan fingerprint density at radius 1 is 1.38 bits per heavy atom. The zero-order valence-electron chi connectivity index (χ0n) is 8.73. The van der Waals surface area contributed by atoms with E-state index in [-0.39, 0.29) is 11.8 Å². The number of nitrogens with one attached hydrogen (secondary N) is 3. The van der Waals surface area contributed by atoms with Gasteiger partial charge in [0.15, 0.2) is 5.69 Å². The second-order valence-corrected chi connectivity index (χ2v) is 3.43. The number of hydrogen-bond donors (Lipinski definition) is 4. The minimum absolute atomic E-state index is 0.0985. The highest BCUT2D eigenvalue weighted by Crippen LogP contribution is 2.17. The molecule has 0 aliphatic carbocycles. The first-order chi connectivity index (χ1) is 7.81. The Morgan fingerprint density at radius 3 is 3.00 bits per heavy atom. The maximum absolute atomic E-state index is 11.6. The Labute approximate surface area is 93.2 Å². The summed E-state index contributed by atoms with van der Waals surface area (Å²) in [4.78, 5) is 4.14. The Morgan fingerprint density at radius 2 is 2.19 bits per heavy atom. The number of aliphatic imine (C=N–C) groups is 1. The summed E-state index contributed by atoms with van der Waals surface area (Å²) in [6, 6.07) is 7.25. The summed E-state index contributed by atoms with van der Waals surface area (Å²) < 4.78 is 0. The number of quaternary nitrogens is 1. The van der Waals surface area contributed by atoms with E-state index in [0.717, 1.165) is 5.69 Å². The van der Waals surface area contributed by atoms with Crippen molar-refractivity contribution in [2.75, 3.05) is 18.5 Å². The van der Waals surface area contributed by atoms with Crippen LogP contribution in [0, 0.1) is 5.21 Å². The third-order valence-electron chi connectivity index (χ3n) is 2.24. The summed E-state index contributed by atoms with van der Waals surface area (Å²) in [5.74, 6) is 0.442. The minimum Gasteiger partial charge on any atom is -0.603 e. The molecule has 0 radical (unpaired) electrons. The molecule has 0 spiro atoms. The van der Waals surface area contributed by atoms with Crippen LogP contribution in [-0.2, 0) is 0 Å². The summed E-state index contributed by atoms with van der Waals surface area (Å²) >= 11 is 0. The van der Waals surface area contributed by atoms with Crippen molar-refractivity contribution in [3.8, 4) is 0 Å². The maximum Gasteiger partial charge on any atom is 0.243 e. The quantitative estimate of drug-likeness (QED) is 0.405. The van der Waals surface area contributed by atoms with Gasteiger partial charge in [0, 0.05) is 19.2 Å². The van der Waals surface area contributed by atoms with E-state index in [2.05, 4.69) is 15.7 Å². The maximum atomic E-state index is 11.6. The molecule has 1 aromatic rings. The Balaban J connectivity index is 2.11. The number of para-hydroxylation sites is 2. The number of hydrogen-bond acceptors (Lipinski definition) is 3. The number of anilines is 1. The topological polar surface area (TPSA) is 84.2 Å². The van der Waals surface area contributed by atoms with E-state index in [0.29, 0.717) is 24.6 Å². The van der Waals surface area contributed by atoms with Crippen LogP contribution in [0.3, 0.4) is 0 Å². The van der Waals surface area contributed by atoms with E-state index in [1.807, 2.05) is 18.2 Å². The van der Waals surface area contributed by atoms with Crippen molar-refractivity contribution < 1.29 is 10.3 Å². The Hall–Kier alpha value is -1.63. The number of benzene rings is 1. The molecule has 0 aromatic heterocycles. The molecule has 0 fully saturated rings. The summed E-state index contributed by atoms with van der Waals surface area (Å²) in [7, 11) is 0. The molecule has 0 saturated carbocycles. The van der Waals surface area contributed by atoms with E-state index >= 15 is 0 Å². The molecule has 0 amide bonds. The fraction of sp³-hybridized carbons (Fsp3) is 0.300. The average Bonchev–Trinajstić information content (AvgIpc) is 2.30.